The second kappa shape index (κ2) is 8.02. The van der Waals surface area contributed by atoms with Crippen molar-refractivity contribution in [2.75, 3.05) is 0 Å². The molecule has 30 heavy (non-hydrogen) atoms. The summed E-state index contributed by atoms with van der Waals surface area (Å²) in [5.41, 5.74) is -0.00728. The van der Waals surface area contributed by atoms with Crippen LogP contribution in [0.25, 0.3) is 0 Å². The van der Waals surface area contributed by atoms with Crippen molar-refractivity contribution in [3.05, 3.63) is 46.6 Å². The zero-order valence-electron chi connectivity index (χ0n) is 17.2. The lowest BCUT2D eigenvalue weighted by Gasteiger charge is -2.46. The number of rotatable bonds is 7. The molecule has 1 N–H and O–H groups in total. The minimum absolute atomic E-state index is 0.186. The highest BCUT2D eigenvalue weighted by atomic mass is 35.5. The first-order valence-corrected chi connectivity index (χ1v) is 10.8. The molecule has 2 fully saturated rings. The number of aliphatic carboxylic acids is 1. The van der Waals surface area contributed by atoms with Gasteiger partial charge in [-0.3, -0.25) is 9.59 Å². The third-order valence-corrected chi connectivity index (χ3v) is 6.51. The van der Waals surface area contributed by atoms with E-state index in [-0.39, 0.29) is 18.4 Å². The van der Waals surface area contributed by atoms with E-state index in [1.54, 1.807) is 11.8 Å². The number of carbonyl (C=O) groups is 2. The van der Waals surface area contributed by atoms with Crippen LogP contribution >= 0.6 is 11.6 Å². The van der Waals surface area contributed by atoms with Crippen LogP contribution in [-0.4, -0.2) is 32.0 Å². The summed E-state index contributed by atoms with van der Waals surface area (Å²) in [7, 11) is 0. The van der Waals surface area contributed by atoms with Crippen LogP contribution in [0.4, 0.5) is 0 Å². The standard InChI is InChI=1S/C22H26ClN3O4/c1-3-16(20-24-19(25-30-20)14-4-5-14)26-17(13-6-8-15(23)9-7-13)10-11-22(2,21(26)29)12-18(27)28/h6-9,14,16-17H,3-5,10-12H2,1-2H3,(H,27,28)/t16?,17?,22-/m1/s1. The lowest BCUT2D eigenvalue weighted by molar-refractivity contribution is -0.160. The average molecular weight is 432 g/mol. The number of hydrogen-bond donors (Lipinski definition) is 1. The molecule has 0 bridgehead atoms. The number of carboxylic acids is 1. The Kier molecular flexibility index (Phi) is 5.57. The van der Waals surface area contributed by atoms with Gasteiger partial charge in [-0.25, -0.2) is 0 Å². The van der Waals surface area contributed by atoms with Crippen LogP contribution < -0.4 is 0 Å². The Morgan fingerprint density at radius 3 is 2.63 bits per heavy atom. The number of hydrogen-bond acceptors (Lipinski definition) is 5. The van der Waals surface area contributed by atoms with Gasteiger partial charge >= 0.3 is 5.97 Å². The fraction of sp³-hybridized carbons (Fsp3) is 0.545. The van der Waals surface area contributed by atoms with Gasteiger partial charge in [0, 0.05) is 10.9 Å². The second-order valence-corrected chi connectivity index (χ2v) is 9.08. The molecule has 0 radical (unpaired) electrons. The molecule has 160 valence electrons. The smallest absolute Gasteiger partial charge is 0.304 e. The fourth-order valence-electron chi connectivity index (χ4n) is 4.40. The van der Waals surface area contributed by atoms with Gasteiger partial charge in [-0.05, 0) is 49.8 Å². The van der Waals surface area contributed by atoms with Gasteiger partial charge in [0.2, 0.25) is 11.8 Å². The van der Waals surface area contributed by atoms with Crippen molar-refractivity contribution in [3.63, 3.8) is 0 Å². The Morgan fingerprint density at radius 2 is 2.03 bits per heavy atom. The van der Waals surface area contributed by atoms with Crippen molar-refractivity contribution in [1.82, 2.24) is 15.0 Å². The zero-order valence-corrected chi connectivity index (χ0v) is 17.9. The van der Waals surface area contributed by atoms with E-state index in [2.05, 4.69) is 10.1 Å². The van der Waals surface area contributed by atoms with E-state index in [0.717, 1.165) is 18.4 Å². The van der Waals surface area contributed by atoms with Crippen molar-refractivity contribution in [3.8, 4) is 0 Å². The maximum Gasteiger partial charge on any atom is 0.304 e. The fourth-order valence-corrected chi connectivity index (χ4v) is 4.53. The molecule has 2 unspecified atom stereocenters. The summed E-state index contributed by atoms with van der Waals surface area (Å²) in [4.78, 5) is 31.6. The van der Waals surface area contributed by atoms with E-state index in [9.17, 15) is 14.7 Å². The van der Waals surface area contributed by atoms with Crippen molar-refractivity contribution >= 4 is 23.5 Å². The van der Waals surface area contributed by atoms with Gasteiger partial charge < -0.3 is 14.5 Å². The lowest BCUT2D eigenvalue weighted by atomic mass is 9.74. The minimum Gasteiger partial charge on any atom is -0.481 e. The topological polar surface area (TPSA) is 96.5 Å². The number of nitrogens with zero attached hydrogens (tertiary/aromatic N) is 3. The Morgan fingerprint density at radius 1 is 1.33 bits per heavy atom. The molecule has 1 aliphatic heterocycles. The van der Waals surface area contributed by atoms with Crippen LogP contribution in [-0.2, 0) is 9.59 Å². The molecular weight excluding hydrogens is 406 g/mol. The molecule has 0 spiro atoms. The van der Waals surface area contributed by atoms with Crippen molar-refractivity contribution < 1.29 is 19.2 Å². The summed E-state index contributed by atoms with van der Waals surface area (Å²) in [6.07, 6.45) is 3.65. The van der Waals surface area contributed by atoms with Gasteiger partial charge in [0.25, 0.3) is 0 Å². The van der Waals surface area contributed by atoms with Gasteiger partial charge in [-0.2, -0.15) is 4.98 Å². The van der Waals surface area contributed by atoms with Crippen molar-refractivity contribution in [2.45, 2.75) is 70.4 Å². The van der Waals surface area contributed by atoms with E-state index in [1.165, 1.54) is 0 Å². The lowest BCUT2D eigenvalue weighted by Crippen LogP contribution is -2.51. The number of carboxylic acid groups (broad SMARTS) is 1. The summed E-state index contributed by atoms with van der Waals surface area (Å²) >= 11 is 6.06. The van der Waals surface area contributed by atoms with Crippen molar-refractivity contribution in [2.24, 2.45) is 5.41 Å². The summed E-state index contributed by atoms with van der Waals surface area (Å²) < 4.78 is 5.58. The van der Waals surface area contributed by atoms with Gasteiger partial charge in [-0.15, -0.1) is 0 Å². The summed E-state index contributed by atoms with van der Waals surface area (Å²) in [5.74, 6) is 0.309. The van der Waals surface area contributed by atoms with Gasteiger partial charge in [0.15, 0.2) is 5.82 Å². The molecule has 1 aromatic heterocycles. The molecule has 8 heteroatoms. The van der Waals surface area contributed by atoms with E-state index in [1.807, 2.05) is 31.2 Å². The monoisotopic (exact) mass is 431 g/mol. The number of halogens is 1. The Labute approximate surface area is 180 Å². The molecular formula is C22H26ClN3O4. The van der Waals surface area contributed by atoms with E-state index < -0.39 is 17.4 Å². The molecule has 4 rings (SSSR count). The highest BCUT2D eigenvalue weighted by molar-refractivity contribution is 6.30. The SMILES string of the molecule is CCC(c1nc(C2CC2)no1)N1C(=O)[C@@](C)(CC(=O)O)CCC1c1ccc(Cl)cc1. The summed E-state index contributed by atoms with van der Waals surface area (Å²) in [6, 6.07) is 6.84. The van der Waals surface area contributed by atoms with Crippen LogP contribution in [0.3, 0.4) is 0 Å². The molecule has 2 heterocycles. The van der Waals surface area contributed by atoms with Gasteiger partial charge in [0.05, 0.1) is 17.9 Å². The molecule has 2 aliphatic rings. The largest absolute Gasteiger partial charge is 0.481 e. The normalized spacial score (nSPS) is 25.4. The van der Waals surface area contributed by atoms with Gasteiger partial charge in [0.1, 0.15) is 6.04 Å². The maximum absolute atomic E-state index is 13.7. The Hall–Kier alpha value is -2.41. The molecule has 1 aromatic carbocycles. The van der Waals surface area contributed by atoms with Crippen LogP contribution in [0.5, 0.6) is 0 Å². The van der Waals surface area contributed by atoms with E-state index in [4.69, 9.17) is 16.1 Å². The van der Waals surface area contributed by atoms with E-state index in [0.29, 0.717) is 41.9 Å². The predicted octanol–water partition coefficient (Wildman–Crippen LogP) is 4.90. The number of piperidine rings is 1. The predicted molar refractivity (Wildman–Crippen MR) is 110 cm³/mol. The number of amides is 1. The Bertz CT molecular complexity index is 940. The van der Waals surface area contributed by atoms with Crippen LogP contribution in [0.2, 0.25) is 5.02 Å². The van der Waals surface area contributed by atoms with E-state index >= 15 is 0 Å². The molecule has 1 saturated heterocycles. The first kappa shape index (κ1) is 20.8. The van der Waals surface area contributed by atoms with Crippen LogP contribution in [0.15, 0.2) is 28.8 Å². The number of carbonyl (C=O) groups excluding carboxylic acids is 1. The number of likely N-dealkylation sites (tertiary alicyclic amines) is 1. The number of aromatic nitrogens is 2. The third kappa shape index (κ3) is 3.95. The molecule has 2 aromatic rings. The highest BCUT2D eigenvalue weighted by Crippen LogP contribution is 2.47. The minimum atomic E-state index is -0.974. The third-order valence-electron chi connectivity index (χ3n) is 6.26. The zero-order chi connectivity index (χ0) is 21.5. The molecule has 1 aliphatic carbocycles. The second-order valence-electron chi connectivity index (χ2n) is 8.64. The van der Waals surface area contributed by atoms with Crippen molar-refractivity contribution in [1.29, 1.82) is 0 Å². The first-order valence-electron chi connectivity index (χ1n) is 10.5. The van der Waals surface area contributed by atoms with Crippen LogP contribution in [0.1, 0.15) is 87.7 Å². The average Bonchev–Trinajstić information content (AvgIpc) is 3.44. The number of benzene rings is 1. The Balaban J connectivity index is 1.73. The molecule has 1 amide bonds. The van der Waals surface area contributed by atoms with Crippen LogP contribution in [0, 0.1) is 5.41 Å². The molecule has 7 nitrogen and oxygen atoms in total. The molecule has 3 atom stereocenters. The first-order chi connectivity index (χ1) is 14.3. The quantitative estimate of drug-likeness (QED) is 0.669. The summed E-state index contributed by atoms with van der Waals surface area (Å²) in [5, 5.41) is 14.2. The van der Waals surface area contributed by atoms with Gasteiger partial charge in [-0.1, -0.05) is 42.7 Å². The highest BCUT2D eigenvalue weighted by Gasteiger charge is 2.49. The maximum atomic E-state index is 13.7. The summed E-state index contributed by atoms with van der Waals surface area (Å²) in [6.45, 7) is 3.71. The molecule has 1 saturated carbocycles.